The largest absolute Gasteiger partial charge is 0.744 e. The van der Waals surface area contributed by atoms with E-state index in [1.165, 1.54) is 16.4 Å². The molecule has 3 aliphatic rings. The van der Waals surface area contributed by atoms with E-state index in [-0.39, 0.29) is 23.5 Å². The standard InChI is InChI=1S/C31H38N4O6S2/c1-5-33(6-2)22-9-12-25-28(19-22)41-29-20-23(34(7-3)8-4)10-13-26(29)31(25)27-14-11-24(21-30(27)43(38,39)40)42(36,37)35-17-15-32-16-18-35/h9-14,19-21,32H,5-8,15-18H2,1-4H3. The van der Waals surface area contributed by atoms with Crippen LogP contribution >= 0.6 is 0 Å². The zero-order chi connectivity index (χ0) is 30.9. The van der Waals surface area contributed by atoms with E-state index in [9.17, 15) is 21.4 Å². The molecule has 12 heteroatoms. The van der Waals surface area contributed by atoms with Crippen LogP contribution in [-0.2, 0) is 20.1 Å². The van der Waals surface area contributed by atoms with Crippen molar-refractivity contribution in [2.24, 2.45) is 0 Å². The summed E-state index contributed by atoms with van der Waals surface area (Å²) in [6, 6.07) is 15.3. The Hall–Kier alpha value is -3.29. The minimum absolute atomic E-state index is 0.131. The number of hydrogen-bond donors (Lipinski definition) is 1. The highest BCUT2D eigenvalue weighted by molar-refractivity contribution is 7.89. The molecule has 0 amide bonds. The molecule has 5 rings (SSSR count). The van der Waals surface area contributed by atoms with E-state index in [1.54, 1.807) is 0 Å². The highest BCUT2D eigenvalue weighted by atomic mass is 32.2. The number of nitrogens with zero attached hydrogens (tertiary/aromatic N) is 3. The van der Waals surface area contributed by atoms with Gasteiger partial charge in [-0.3, -0.25) is 0 Å². The number of sulfonamides is 1. The average Bonchev–Trinajstić information content (AvgIpc) is 3.00. The van der Waals surface area contributed by atoms with Gasteiger partial charge in [0, 0.05) is 79.2 Å². The van der Waals surface area contributed by atoms with Gasteiger partial charge in [-0.2, -0.15) is 4.31 Å². The fraction of sp³-hybridized carbons (Fsp3) is 0.387. The number of fused-ring (bicyclic) bond motifs is 2. The summed E-state index contributed by atoms with van der Waals surface area (Å²) >= 11 is 0. The Labute approximate surface area is 253 Å². The molecule has 0 atom stereocenters. The van der Waals surface area contributed by atoms with Gasteiger partial charge in [-0.1, -0.05) is 6.07 Å². The van der Waals surface area contributed by atoms with Gasteiger partial charge in [-0.05, 0) is 58.0 Å². The average molecular weight is 627 g/mol. The van der Waals surface area contributed by atoms with Crippen LogP contribution in [0.3, 0.4) is 0 Å². The topological polar surface area (TPSA) is 126 Å². The second-order valence-corrected chi connectivity index (χ2v) is 13.7. The molecule has 2 aliphatic heterocycles. The number of rotatable bonds is 9. The summed E-state index contributed by atoms with van der Waals surface area (Å²) in [6.45, 7) is 12.9. The van der Waals surface area contributed by atoms with Crippen LogP contribution in [0.25, 0.3) is 33.4 Å². The predicted octanol–water partition coefficient (Wildman–Crippen LogP) is 3.36. The molecule has 0 bridgehead atoms. The minimum atomic E-state index is -5.08. The lowest BCUT2D eigenvalue weighted by Gasteiger charge is -2.27. The molecule has 43 heavy (non-hydrogen) atoms. The smallest absolute Gasteiger partial charge is 0.243 e. The number of hydrogen-bond acceptors (Lipinski definition) is 8. The van der Waals surface area contributed by atoms with Crippen LogP contribution in [0, 0.1) is 0 Å². The predicted molar refractivity (Wildman–Crippen MR) is 168 cm³/mol. The molecule has 0 saturated carbocycles. The monoisotopic (exact) mass is 626 g/mol. The fourth-order valence-electron chi connectivity index (χ4n) is 5.84. The molecule has 0 aromatic heterocycles. The molecular weight excluding hydrogens is 588 g/mol. The molecule has 230 valence electrons. The Bertz CT molecular complexity index is 1900. The van der Waals surface area contributed by atoms with Crippen LogP contribution < -0.4 is 20.1 Å². The summed E-state index contributed by atoms with van der Waals surface area (Å²) in [5, 5.41) is 4.67. The van der Waals surface area contributed by atoms with Crippen LogP contribution in [0.5, 0.6) is 0 Å². The van der Waals surface area contributed by atoms with E-state index in [4.69, 9.17) is 4.42 Å². The second-order valence-electron chi connectivity index (χ2n) is 10.4. The summed E-state index contributed by atoms with van der Waals surface area (Å²) in [5.74, 6) is 0.523. The number of piperazine rings is 1. The molecule has 1 saturated heterocycles. The Morgan fingerprint density at radius 2 is 1.56 bits per heavy atom. The first kappa shape index (κ1) is 31.1. The lowest BCUT2D eigenvalue weighted by Crippen LogP contribution is -2.46. The normalized spacial score (nSPS) is 14.8. The van der Waals surface area contributed by atoms with Crippen molar-refractivity contribution in [1.82, 2.24) is 14.2 Å². The van der Waals surface area contributed by atoms with Crippen LogP contribution in [0.15, 0.2) is 68.8 Å². The minimum Gasteiger partial charge on any atom is -0.744 e. The zero-order valence-corrected chi connectivity index (χ0v) is 26.6. The molecule has 1 aliphatic carbocycles. The Morgan fingerprint density at radius 1 is 0.884 bits per heavy atom. The summed E-state index contributed by atoms with van der Waals surface area (Å²) in [5.41, 5.74) is 2.71. The maximum atomic E-state index is 13.4. The van der Waals surface area contributed by atoms with Crippen LogP contribution in [0.2, 0.25) is 0 Å². The number of anilines is 1. The van der Waals surface area contributed by atoms with Gasteiger partial charge in [0.2, 0.25) is 15.4 Å². The molecule has 2 aromatic carbocycles. The van der Waals surface area contributed by atoms with Crippen molar-refractivity contribution < 1.29 is 25.8 Å². The molecular formula is C31H38N4O6S2. The summed E-state index contributed by atoms with van der Waals surface area (Å²) < 4.78 is 75.2. The van der Waals surface area contributed by atoms with Crippen molar-refractivity contribution in [2.75, 3.05) is 57.3 Å². The summed E-state index contributed by atoms with van der Waals surface area (Å²) in [4.78, 5) is 1.36. The number of benzene rings is 3. The Balaban J connectivity index is 1.84. The SMILES string of the molecule is CCN(CC)c1ccc2c(-c3ccc(S(=O)(=O)N4CCNCC4)cc3S(=O)(=O)[O-])c3ccc(=[N+](CC)CC)cc-3oc2c1. The van der Waals surface area contributed by atoms with Crippen LogP contribution in [0.4, 0.5) is 5.69 Å². The maximum absolute atomic E-state index is 13.4. The molecule has 1 N–H and O–H groups in total. The van der Waals surface area contributed by atoms with Crippen molar-refractivity contribution >= 4 is 36.8 Å². The van der Waals surface area contributed by atoms with Gasteiger partial charge in [-0.15, -0.1) is 0 Å². The first-order valence-electron chi connectivity index (χ1n) is 14.7. The van der Waals surface area contributed by atoms with E-state index < -0.39 is 25.0 Å². The van der Waals surface area contributed by atoms with Gasteiger partial charge in [0.05, 0.1) is 15.9 Å². The van der Waals surface area contributed by atoms with Gasteiger partial charge in [0.25, 0.3) is 0 Å². The molecule has 2 heterocycles. The number of nitrogens with one attached hydrogen (secondary N) is 1. The van der Waals surface area contributed by atoms with Crippen molar-refractivity contribution in [3.05, 3.63) is 60.0 Å². The molecule has 0 unspecified atom stereocenters. The van der Waals surface area contributed by atoms with Crippen molar-refractivity contribution in [3.63, 3.8) is 0 Å². The molecule has 2 aromatic rings. The highest BCUT2D eigenvalue weighted by Crippen LogP contribution is 2.43. The first-order valence-corrected chi connectivity index (χ1v) is 17.5. The van der Waals surface area contributed by atoms with E-state index in [2.05, 4.69) is 42.5 Å². The van der Waals surface area contributed by atoms with E-state index in [0.29, 0.717) is 40.9 Å². The van der Waals surface area contributed by atoms with Crippen LogP contribution in [-0.4, -0.2) is 78.1 Å². The van der Waals surface area contributed by atoms with E-state index >= 15 is 0 Å². The lowest BCUT2D eigenvalue weighted by atomic mass is 9.93. The lowest BCUT2D eigenvalue weighted by molar-refractivity contribution is 0.360. The van der Waals surface area contributed by atoms with Gasteiger partial charge in [-0.25, -0.2) is 21.4 Å². The quantitative estimate of drug-likeness (QED) is 0.170. The summed E-state index contributed by atoms with van der Waals surface area (Å²) in [7, 11) is -9.09. The van der Waals surface area contributed by atoms with Gasteiger partial charge < -0.3 is 19.2 Å². The molecule has 0 radical (unpaired) electrons. The van der Waals surface area contributed by atoms with Crippen molar-refractivity contribution in [3.8, 4) is 22.5 Å². The van der Waals surface area contributed by atoms with Crippen LogP contribution in [0.1, 0.15) is 27.7 Å². The van der Waals surface area contributed by atoms with Gasteiger partial charge in [0.15, 0.2) is 0 Å². The molecule has 1 fully saturated rings. The second kappa shape index (κ2) is 12.4. The third-order valence-corrected chi connectivity index (χ3v) is 10.9. The summed E-state index contributed by atoms with van der Waals surface area (Å²) in [6.07, 6.45) is 0. The fourth-order valence-corrected chi connectivity index (χ4v) is 8.09. The highest BCUT2D eigenvalue weighted by Gasteiger charge is 2.29. The van der Waals surface area contributed by atoms with E-state index in [1.807, 2.05) is 36.4 Å². The Kier molecular flexibility index (Phi) is 8.96. The third kappa shape index (κ3) is 5.94. The van der Waals surface area contributed by atoms with Crippen molar-refractivity contribution in [2.45, 2.75) is 37.5 Å². The molecule has 0 spiro atoms. The first-order chi connectivity index (χ1) is 20.5. The van der Waals surface area contributed by atoms with Gasteiger partial charge >= 0.3 is 0 Å². The van der Waals surface area contributed by atoms with Gasteiger partial charge in [0.1, 0.15) is 34.6 Å². The third-order valence-electron chi connectivity index (χ3n) is 8.15. The maximum Gasteiger partial charge on any atom is 0.243 e. The van der Waals surface area contributed by atoms with E-state index in [0.717, 1.165) is 43.3 Å². The van der Waals surface area contributed by atoms with Crippen molar-refractivity contribution in [1.29, 1.82) is 0 Å². The zero-order valence-electron chi connectivity index (χ0n) is 25.0. The molecule has 10 nitrogen and oxygen atoms in total. The Morgan fingerprint density at radius 3 is 2.19 bits per heavy atom.